The van der Waals surface area contributed by atoms with Gasteiger partial charge in [0, 0.05) is 29.5 Å². The minimum Gasteiger partial charge on any atom is -0.310 e. The Hall–Kier alpha value is -2.79. The van der Waals surface area contributed by atoms with Crippen LogP contribution in [0.5, 0.6) is 0 Å². The second-order valence-electron chi connectivity index (χ2n) is 7.19. The van der Waals surface area contributed by atoms with Crippen molar-refractivity contribution in [2.45, 2.75) is 29.1 Å². The van der Waals surface area contributed by atoms with Crippen molar-refractivity contribution in [3.05, 3.63) is 61.1 Å². The molecule has 0 saturated carbocycles. The zero-order valence-electron chi connectivity index (χ0n) is 16.6. The van der Waals surface area contributed by atoms with E-state index in [-0.39, 0.29) is 6.04 Å². The number of alkyl halides is 3. The Morgan fingerprint density at radius 2 is 1.84 bits per heavy atom. The fourth-order valence-corrected chi connectivity index (χ4v) is 5.87. The van der Waals surface area contributed by atoms with Crippen LogP contribution in [0.3, 0.4) is 0 Å². The number of halogens is 3. The van der Waals surface area contributed by atoms with Crippen LogP contribution in [0, 0.1) is 0 Å². The number of aromatic nitrogens is 6. The molecule has 1 aliphatic heterocycles. The van der Waals surface area contributed by atoms with E-state index in [0.29, 0.717) is 28.0 Å². The van der Waals surface area contributed by atoms with Crippen molar-refractivity contribution < 1.29 is 13.2 Å². The highest BCUT2D eigenvalue weighted by molar-refractivity contribution is 8.00. The summed E-state index contributed by atoms with van der Waals surface area (Å²) in [6.45, 7) is -1.09. The number of imidazole rings is 1. The number of rotatable bonds is 6. The lowest BCUT2D eigenvalue weighted by Crippen LogP contribution is -2.19. The maximum absolute atomic E-state index is 13.3. The first-order chi connectivity index (χ1) is 15.5. The molecule has 0 amide bonds. The molecular formula is C21H17F3N6S2. The molecule has 5 rings (SSSR count). The third-order valence-corrected chi connectivity index (χ3v) is 7.21. The smallest absolute Gasteiger partial charge is 0.310 e. The molecule has 0 spiro atoms. The fraction of sp³-hybridized carbons (Fsp3) is 0.238. The van der Waals surface area contributed by atoms with Gasteiger partial charge in [-0.25, -0.2) is 4.98 Å². The van der Waals surface area contributed by atoms with Gasteiger partial charge in [-0.05, 0) is 17.7 Å². The van der Waals surface area contributed by atoms with Crippen molar-refractivity contribution in [2.75, 3.05) is 11.5 Å². The summed E-state index contributed by atoms with van der Waals surface area (Å²) in [4.78, 5) is 8.48. The number of hydrogen-bond donors (Lipinski definition) is 0. The molecule has 11 heteroatoms. The summed E-state index contributed by atoms with van der Waals surface area (Å²) >= 11 is 2.91. The quantitative estimate of drug-likeness (QED) is 0.358. The van der Waals surface area contributed by atoms with Crippen LogP contribution in [0.2, 0.25) is 0 Å². The van der Waals surface area contributed by atoms with Crippen molar-refractivity contribution in [1.82, 2.24) is 29.3 Å². The maximum Gasteiger partial charge on any atom is 0.406 e. The van der Waals surface area contributed by atoms with Gasteiger partial charge in [0.1, 0.15) is 6.54 Å². The Kier molecular flexibility index (Phi) is 5.68. The Labute approximate surface area is 190 Å². The molecule has 1 atom stereocenters. The van der Waals surface area contributed by atoms with Gasteiger partial charge in [-0.2, -0.15) is 13.2 Å². The molecule has 4 aromatic rings. The molecule has 1 aliphatic rings. The SMILES string of the molecule is FC(F)(F)Cn1c(-c2ccccc2)cnc1SCC1CSc2nnc(-c3cccnc3)n21. The summed E-state index contributed by atoms with van der Waals surface area (Å²) < 4.78 is 43.3. The highest BCUT2D eigenvalue weighted by Crippen LogP contribution is 2.39. The number of pyridine rings is 1. The number of fused-ring (bicyclic) bond motifs is 1. The van der Waals surface area contributed by atoms with Gasteiger partial charge in [-0.3, -0.25) is 9.55 Å². The van der Waals surface area contributed by atoms with Crippen molar-refractivity contribution in [3.8, 4) is 22.6 Å². The molecule has 4 heterocycles. The van der Waals surface area contributed by atoms with E-state index in [4.69, 9.17) is 0 Å². The van der Waals surface area contributed by atoms with E-state index in [9.17, 15) is 13.2 Å². The molecule has 3 aromatic heterocycles. The van der Waals surface area contributed by atoms with Crippen LogP contribution < -0.4 is 0 Å². The minimum atomic E-state index is -4.35. The average Bonchev–Trinajstić information content (AvgIpc) is 3.48. The molecule has 6 nitrogen and oxygen atoms in total. The van der Waals surface area contributed by atoms with Crippen LogP contribution in [-0.2, 0) is 6.54 Å². The van der Waals surface area contributed by atoms with Crippen LogP contribution in [0.15, 0.2) is 71.4 Å². The second kappa shape index (κ2) is 8.62. The molecule has 1 unspecified atom stereocenters. The predicted octanol–water partition coefficient (Wildman–Crippen LogP) is 5.21. The van der Waals surface area contributed by atoms with Crippen molar-refractivity contribution in [1.29, 1.82) is 0 Å². The van der Waals surface area contributed by atoms with Gasteiger partial charge in [0.05, 0.1) is 17.9 Å². The number of benzene rings is 1. The molecule has 0 fully saturated rings. The van der Waals surface area contributed by atoms with Gasteiger partial charge in [0.2, 0.25) is 0 Å². The molecule has 164 valence electrons. The number of nitrogens with zero attached hydrogens (tertiary/aromatic N) is 6. The van der Waals surface area contributed by atoms with E-state index in [1.807, 2.05) is 22.8 Å². The van der Waals surface area contributed by atoms with Crippen LogP contribution in [0.1, 0.15) is 6.04 Å². The average molecular weight is 475 g/mol. The fourth-order valence-electron chi connectivity index (χ4n) is 3.58. The van der Waals surface area contributed by atoms with Gasteiger partial charge >= 0.3 is 6.18 Å². The van der Waals surface area contributed by atoms with Gasteiger partial charge in [-0.15, -0.1) is 10.2 Å². The molecule has 0 radical (unpaired) electrons. The van der Waals surface area contributed by atoms with Crippen molar-refractivity contribution >= 4 is 23.5 Å². The van der Waals surface area contributed by atoms with Crippen LogP contribution >= 0.6 is 23.5 Å². The molecule has 0 saturated heterocycles. The van der Waals surface area contributed by atoms with Gasteiger partial charge in [-0.1, -0.05) is 53.9 Å². The normalized spacial score (nSPS) is 15.8. The number of thioether (sulfide) groups is 2. The number of hydrogen-bond acceptors (Lipinski definition) is 6. The summed E-state index contributed by atoms with van der Waals surface area (Å²) in [7, 11) is 0. The van der Waals surface area contributed by atoms with Gasteiger partial charge in [0.25, 0.3) is 0 Å². The third-order valence-electron chi connectivity index (χ3n) is 4.98. The molecular weight excluding hydrogens is 457 g/mol. The molecule has 1 aromatic carbocycles. The molecule has 0 bridgehead atoms. The standard InChI is InChI=1S/C21H17F3N6S2/c22-21(23,24)13-29-17(14-5-2-1-3-6-14)10-26-19(29)31-11-16-12-32-20-28-27-18(30(16)20)15-7-4-8-25-9-15/h1-10,16H,11-13H2. The van der Waals surface area contributed by atoms with Crippen molar-refractivity contribution in [3.63, 3.8) is 0 Å². The summed E-state index contributed by atoms with van der Waals surface area (Å²) in [5.41, 5.74) is 2.01. The van der Waals surface area contributed by atoms with E-state index in [0.717, 1.165) is 16.5 Å². The Morgan fingerprint density at radius 1 is 1.03 bits per heavy atom. The van der Waals surface area contributed by atoms with E-state index in [2.05, 4.69) is 20.2 Å². The Balaban J connectivity index is 1.41. The van der Waals surface area contributed by atoms with Gasteiger partial charge in [0.15, 0.2) is 16.1 Å². The molecule has 0 aliphatic carbocycles. The van der Waals surface area contributed by atoms with E-state index in [1.54, 1.807) is 48.4 Å². The lowest BCUT2D eigenvalue weighted by atomic mass is 10.2. The largest absolute Gasteiger partial charge is 0.406 e. The highest BCUT2D eigenvalue weighted by Gasteiger charge is 2.32. The topological polar surface area (TPSA) is 61.4 Å². The van der Waals surface area contributed by atoms with Crippen LogP contribution in [-0.4, -0.2) is 47.0 Å². The second-order valence-corrected chi connectivity index (χ2v) is 9.16. The zero-order chi connectivity index (χ0) is 22.1. The Morgan fingerprint density at radius 3 is 2.59 bits per heavy atom. The third kappa shape index (κ3) is 4.26. The maximum atomic E-state index is 13.3. The molecule has 0 N–H and O–H groups in total. The summed E-state index contributed by atoms with van der Waals surface area (Å²) in [6.07, 6.45) is 0.583. The first-order valence-electron chi connectivity index (χ1n) is 9.78. The zero-order valence-corrected chi connectivity index (χ0v) is 18.2. The Bertz CT molecular complexity index is 1210. The summed E-state index contributed by atoms with van der Waals surface area (Å²) in [5, 5.41) is 9.70. The summed E-state index contributed by atoms with van der Waals surface area (Å²) in [6, 6.07) is 12.8. The lowest BCUT2D eigenvalue weighted by molar-refractivity contribution is -0.141. The summed E-state index contributed by atoms with van der Waals surface area (Å²) in [5.74, 6) is 2.04. The van der Waals surface area contributed by atoms with Crippen molar-refractivity contribution in [2.24, 2.45) is 0 Å². The molecule has 32 heavy (non-hydrogen) atoms. The van der Waals surface area contributed by atoms with E-state index in [1.165, 1.54) is 22.5 Å². The predicted molar refractivity (Wildman–Crippen MR) is 117 cm³/mol. The van der Waals surface area contributed by atoms with Crippen LogP contribution in [0.25, 0.3) is 22.6 Å². The highest BCUT2D eigenvalue weighted by atomic mass is 32.2. The van der Waals surface area contributed by atoms with E-state index < -0.39 is 12.7 Å². The monoisotopic (exact) mass is 474 g/mol. The van der Waals surface area contributed by atoms with Gasteiger partial charge < -0.3 is 4.57 Å². The first-order valence-corrected chi connectivity index (χ1v) is 11.8. The minimum absolute atomic E-state index is 0.0291. The van der Waals surface area contributed by atoms with E-state index >= 15 is 0 Å². The first kappa shape index (κ1) is 21.1. The lowest BCUT2D eigenvalue weighted by Gasteiger charge is -2.16. The van der Waals surface area contributed by atoms with Crippen LogP contribution in [0.4, 0.5) is 13.2 Å².